The lowest BCUT2D eigenvalue weighted by Gasteiger charge is -2.40. The van der Waals surface area contributed by atoms with Crippen molar-refractivity contribution in [2.45, 2.75) is 96.3 Å². The molecule has 1 saturated carbocycles. The zero-order valence-electron chi connectivity index (χ0n) is 28.7. The van der Waals surface area contributed by atoms with Crippen LogP contribution in [-0.2, 0) is 32.5 Å². The largest absolute Gasteiger partial charge is 0.390 e. The van der Waals surface area contributed by atoms with E-state index in [1.807, 2.05) is 56.6 Å². The fourth-order valence-corrected chi connectivity index (χ4v) is 9.15. The molecule has 48 heavy (non-hydrogen) atoms. The van der Waals surface area contributed by atoms with Crippen molar-refractivity contribution in [3.05, 3.63) is 52.5 Å². The first-order valence-electron chi connectivity index (χ1n) is 17.5. The summed E-state index contributed by atoms with van der Waals surface area (Å²) in [6.45, 7) is 5.83. The third-order valence-electron chi connectivity index (χ3n) is 9.67. The Hall–Kier alpha value is -2.42. The summed E-state index contributed by atoms with van der Waals surface area (Å²) in [7, 11) is -1.86. The van der Waals surface area contributed by atoms with E-state index < -0.39 is 51.8 Å². The molecule has 11 nitrogen and oxygen atoms in total. The van der Waals surface area contributed by atoms with E-state index in [1.165, 1.54) is 20.7 Å². The van der Waals surface area contributed by atoms with Gasteiger partial charge in [0.1, 0.15) is 6.10 Å². The van der Waals surface area contributed by atoms with Crippen molar-refractivity contribution < 1.29 is 28.2 Å². The van der Waals surface area contributed by atoms with Crippen molar-refractivity contribution >= 4 is 33.2 Å². The Morgan fingerprint density at radius 3 is 2.38 bits per heavy atom. The normalized spacial score (nSPS) is 19.5. The molecule has 2 aromatic rings. The number of carbonyl (C=O) groups is 2. The number of aliphatic hydroxyl groups is 2. The van der Waals surface area contributed by atoms with Crippen molar-refractivity contribution in [2.24, 2.45) is 17.8 Å². The fraction of sp³-hybridized carbons (Fsp3) is 0.686. The first-order chi connectivity index (χ1) is 22.9. The maximum Gasteiger partial charge on any atom is 0.243 e. The molecule has 4 rings (SSSR count). The molecule has 1 aromatic heterocycles. The molecule has 268 valence electrons. The minimum absolute atomic E-state index is 0.0289. The highest BCUT2D eigenvalue weighted by atomic mass is 32.2. The van der Waals surface area contributed by atoms with E-state index in [-0.39, 0.29) is 24.7 Å². The highest BCUT2D eigenvalue weighted by molar-refractivity contribution is 7.89. The molecular formula is C35H55N5O6S2. The van der Waals surface area contributed by atoms with Crippen LogP contribution in [0, 0.1) is 17.8 Å². The number of hydrogen-bond acceptors (Lipinski definition) is 9. The zero-order valence-corrected chi connectivity index (χ0v) is 30.4. The van der Waals surface area contributed by atoms with Gasteiger partial charge in [0.05, 0.1) is 35.0 Å². The maximum atomic E-state index is 14.3. The third-order valence-corrected chi connectivity index (χ3v) is 12.3. The van der Waals surface area contributed by atoms with Crippen LogP contribution in [0.25, 0.3) is 0 Å². The number of sulfonamides is 1. The number of hydrazine groups is 1. The number of aromatic nitrogens is 1. The van der Waals surface area contributed by atoms with Gasteiger partial charge in [-0.15, -0.1) is 11.3 Å². The lowest BCUT2D eigenvalue weighted by Crippen LogP contribution is -2.60. The summed E-state index contributed by atoms with van der Waals surface area (Å²) in [6, 6.07) is 8.39. The quantitative estimate of drug-likeness (QED) is 0.226. The summed E-state index contributed by atoms with van der Waals surface area (Å²) >= 11 is 1.43. The minimum atomic E-state index is -3.81. The fourth-order valence-electron chi connectivity index (χ4n) is 6.85. The molecule has 2 aliphatic rings. The van der Waals surface area contributed by atoms with Gasteiger partial charge in [-0.2, -0.15) is 4.31 Å². The SMILES string of the molecule is CC(C)C[C@H](O)[C@H](O)[C@H](CC1CCCCC1)N(NC(=O)C(Cc1ccccc1)CS(=O)(=O)N1CCN(C)CC1)C(=O)CCc1cscn1. The number of benzene rings is 1. The lowest BCUT2D eigenvalue weighted by atomic mass is 9.82. The van der Waals surface area contributed by atoms with E-state index in [0.717, 1.165) is 43.4 Å². The van der Waals surface area contributed by atoms with E-state index in [4.69, 9.17) is 0 Å². The number of aliphatic hydroxyl groups excluding tert-OH is 2. The highest BCUT2D eigenvalue weighted by Crippen LogP contribution is 2.31. The predicted octanol–water partition coefficient (Wildman–Crippen LogP) is 3.48. The number of piperazine rings is 1. The maximum absolute atomic E-state index is 14.3. The molecule has 0 radical (unpaired) electrons. The van der Waals surface area contributed by atoms with Crippen LogP contribution >= 0.6 is 11.3 Å². The van der Waals surface area contributed by atoms with Crippen LogP contribution in [0.4, 0.5) is 0 Å². The van der Waals surface area contributed by atoms with Crippen LogP contribution in [0.5, 0.6) is 0 Å². The average molecular weight is 706 g/mol. The predicted molar refractivity (Wildman–Crippen MR) is 188 cm³/mol. The van der Waals surface area contributed by atoms with Crippen molar-refractivity contribution in [3.8, 4) is 0 Å². The van der Waals surface area contributed by atoms with Crippen LogP contribution in [0.2, 0.25) is 0 Å². The molecular weight excluding hydrogens is 651 g/mol. The van der Waals surface area contributed by atoms with Gasteiger partial charge in [0.2, 0.25) is 21.8 Å². The first-order valence-corrected chi connectivity index (χ1v) is 20.0. The number of hydrogen-bond donors (Lipinski definition) is 3. The summed E-state index contributed by atoms with van der Waals surface area (Å²) in [4.78, 5) is 34.8. The van der Waals surface area contributed by atoms with Crippen LogP contribution in [0.15, 0.2) is 41.2 Å². The minimum Gasteiger partial charge on any atom is -0.390 e. The van der Waals surface area contributed by atoms with Gasteiger partial charge in [0.25, 0.3) is 0 Å². The first kappa shape index (κ1) is 38.4. The molecule has 3 N–H and O–H groups in total. The monoisotopic (exact) mass is 705 g/mol. The average Bonchev–Trinajstić information content (AvgIpc) is 3.59. The van der Waals surface area contributed by atoms with Gasteiger partial charge in [0.15, 0.2) is 0 Å². The summed E-state index contributed by atoms with van der Waals surface area (Å²) in [5.41, 5.74) is 6.10. The van der Waals surface area contributed by atoms with Crippen LogP contribution < -0.4 is 5.43 Å². The van der Waals surface area contributed by atoms with Gasteiger partial charge in [-0.3, -0.25) is 15.0 Å². The van der Waals surface area contributed by atoms with E-state index in [2.05, 4.69) is 15.3 Å². The molecule has 1 aliphatic heterocycles. The number of carbonyl (C=O) groups excluding carboxylic acids is 2. The molecule has 2 heterocycles. The topological polar surface area (TPSA) is 143 Å². The van der Waals surface area contributed by atoms with Gasteiger partial charge >= 0.3 is 0 Å². The molecule has 4 atom stereocenters. The summed E-state index contributed by atoms with van der Waals surface area (Å²) in [5, 5.41) is 25.9. The lowest BCUT2D eigenvalue weighted by molar-refractivity contribution is -0.153. The molecule has 1 aliphatic carbocycles. The summed E-state index contributed by atoms with van der Waals surface area (Å²) < 4.78 is 28.9. The smallest absolute Gasteiger partial charge is 0.243 e. The van der Waals surface area contributed by atoms with E-state index in [9.17, 15) is 28.2 Å². The van der Waals surface area contributed by atoms with Crippen molar-refractivity contribution in [1.82, 2.24) is 24.6 Å². The molecule has 2 amide bonds. The van der Waals surface area contributed by atoms with Crippen molar-refractivity contribution in [1.29, 1.82) is 0 Å². The Balaban J connectivity index is 1.65. The molecule has 1 aromatic carbocycles. The number of amides is 2. The number of likely N-dealkylation sites (N-methyl/N-ethyl adjacent to an activating group) is 1. The number of aryl methyl sites for hydroxylation is 1. The van der Waals surface area contributed by atoms with E-state index in [1.54, 1.807) is 5.51 Å². The van der Waals surface area contributed by atoms with Gasteiger partial charge in [-0.1, -0.05) is 76.3 Å². The molecule has 1 saturated heterocycles. The highest BCUT2D eigenvalue weighted by Gasteiger charge is 2.39. The standard InChI is InChI=1S/C35H55N5O6S2/c1-26(2)20-32(41)34(43)31(22-28-12-8-5-9-13-28)40(33(42)15-14-30-23-47-25-36-30)37-35(44)29(21-27-10-6-4-7-11-27)24-48(45,46)39-18-16-38(3)17-19-39/h4,6-7,10-11,23,25-26,28-29,31-32,34,41,43H,5,8-9,12-22,24H2,1-3H3,(H,37,44)/t29?,31-,32-,34+/m0/s1. The molecule has 0 spiro atoms. The number of nitrogens with zero attached hydrogens (tertiary/aromatic N) is 4. The van der Waals surface area contributed by atoms with Crippen molar-refractivity contribution in [2.75, 3.05) is 39.0 Å². The van der Waals surface area contributed by atoms with Gasteiger partial charge in [0, 0.05) is 38.0 Å². The Labute approximate surface area is 290 Å². The number of thiazole rings is 1. The van der Waals surface area contributed by atoms with E-state index in [0.29, 0.717) is 45.4 Å². The van der Waals surface area contributed by atoms with Crippen LogP contribution in [-0.4, -0.2) is 107 Å². The Kier molecular flexibility index (Phi) is 14.8. The third kappa shape index (κ3) is 11.6. The number of rotatable bonds is 16. The Morgan fingerprint density at radius 1 is 1.06 bits per heavy atom. The van der Waals surface area contributed by atoms with Crippen LogP contribution in [0.3, 0.4) is 0 Å². The summed E-state index contributed by atoms with van der Waals surface area (Å²) in [5.74, 6) is -2.11. The second-order valence-electron chi connectivity index (χ2n) is 14.1. The Morgan fingerprint density at radius 2 is 1.75 bits per heavy atom. The second-order valence-corrected chi connectivity index (χ2v) is 16.8. The zero-order chi connectivity index (χ0) is 34.7. The molecule has 2 fully saturated rings. The molecule has 0 bridgehead atoms. The Bertz CT molecular complexity index is 1360. The summed E-state index contributed by atoms with van der Waals surface area (Å²) in [6.07, 6.45) is 3.99. The van der Waals surface area contributed by atoms with E-state index >= 15 is 0 Å². The molecule has 1 unspecified atom stereocenters. The number of nitrogens with one attached hydrogen (secondary N) is 1. The van der Waals surface area contributed by atoms with Gasteiger partial charge in [-0.25, -0.2) is 18.4 Å². The van der Waals surface area contributed by atoms with Gasteiger partial charge in [-0.05, 0) is 50.1 Å². The van der Waals surface area contributed by atoms with Gasteiger partial charge < -0.3 is 15.1 Å². The molecule has 13 heteroatoms. The second kappa shape index (κ2) is 18.5. The van der Waals surface area contributed by atoms with Crippen LogP contribution in [0.1, 0.15) is 76.5 Å². The van der Waals surface area contributed by atoms with Crippen molar-refractivity contribution in [3.63, 3.8) is 0 Å².